The quantitative estimate of drug-likeness (QED) is 0.371. The molecule has 0 aliphatic carbocycles. The van der Waals surface area contributed by atoms with Crippen LogP contribution in [0.3, 0.4) is 0 Å². The minimum atomic E-state index is -4.43. The smallest absolute Gasteiger partial charge is 0.237 e. The third-order valence-electron chi connectivity index (χ3n) is 2.02. The molecule has 0 N–H and O–H groups in total. The van der Waals surface area contributed by atoms with Gasteiger partial charge in [-0.3, -0.25) is 0 Å². The van der Waals surface area contributed by atoms with E-state index in [1.54, 1.807) is 0 Å². The van der Waals surface area contributed by atoms with Gasteiger partial charge in [-0.1, -0.05) is 37.7 Å². The van der Waals surface area contributed by atoms with E-state index in [9.17, 15) is 13.2 Å². The lowest BCUT2D eigenvalue weighted by molar-refractivity contribution is -0.137. The average molecular weight is 267 g/mol. The first-order valence-corrected chi connectivity index (χ1v) is 8.75. The van der Waals surface area contributed by atoms with Gasteiger partial charge in [0.25, 0.3) is 0 Å². The third kappa shape index (κ3) is 3.94. The second kappa shape index (κ2) is 4.87. The van der Waals surface area contributed by atoms with E-state index in [1.807, 2.05) is 19.6 Å². The van der Waals surface area contributed by atoms with Gasteiger partial charge in [0, 0.05) is 11.1 Å². The van der Waals surface area contributed by atoms with Crippen LogP contribution in [0.15, 0.2) is 18.2 Å². The lowest BCUT2D eigenvalue weighted by Crippen LogP contribution is -2.16. The van der Waals surface area contributed by atoms with Crippen LogP contribution in [0.2, 0.25) is 19.6 Å². The van der Waals surface area contributed by atoms with Gasteiger partial charge in [-0.2, -0.15) is 13.2 Å². The lowest BCUT2D eigenvalue weighted by atomic mass is 10.1. The number of hydrogen-bond donors (Lipinski definition) is 0. The molecular weight excluding hydrogens is 255 g/mol. The number of alkyl halides is 3. The largest absolute Gasteiger partial charge is 0.415 e. The van der Waals surface area contributed by atoms with Crippen LogP contribution >= 0.6 is 0 Å². The Hall–Kier alpha value is -1.72. The van der Waals surface area contributed by atoms with Gasteiger partial charge in [0.15, 0.2) is 0 Å². The molecular formula is C13H12F3NSi. The summed E-state index contributed by atoms with van der Waals surface area (Å²) >= 11 is 0. The molecule has 1 aromatic rings. The number of nitrogens with zero attached hydrogens (tertiary/aromatic N) is 1. The Morgan fingerprint density at radius 3 is 2.28 bits per heavy atom. The molecule has 0 saturated heterocycles. The zero-order chi connectivity index (χ0) is 14.0. The van der Waals surface area contributed by atoms with E-state index in [-0.39, 0.29) is 5.69 Å². The lowest BCUT2D eigenvalue weighted by Gasteiger charge is -2.08. The van der Waals surface area contributed by atoms with E-state index >= 15 is 0 Å². The first-order chi connectivity index (χ1) is 8.13. The summed E-state index contributed by atoms with van der Waals surface area (Å²) in [5.41, 5.74) is 2.54. The number of halogens is 3. The molecule has 0 radical (unpaired) electrons. The Kier molecular flexibility index (Phi) is 3.88. The van der Waals surface area contributed by atoms with E-state index in [0.717, 1.165) is 12.1 Å². The molecule has 0 saturated carbocycles. The fourth-order valence-corrected chi connectivity index (χ4v) is 1.67. The molecule has 18 heavy (non-hydrogen) atoms. The second-order valence-electron chi connectivity index (χ2n) is 4.84. The van der Waals surface area contributed by atoms with Crippen molar-refractivity contribution in [2.24, 2.45) is 0 Å². The van der Waals surface area contributed by atoms with Crippen LogP contribution in [0.5, 0.6) is 0 Å². The maximum absolute atomic E-state index is 12.5. The summed E-state index contributed by atoms with van der Waals surface area (Å²) in [6.45, 7) is 13.0. The van der Waals surface area contributed by atoms with Crippen molar-refractivity contribution >= 4 is 13.8 Å². The van der Waals surface area contributed by atoms with Crippen LogP contribution < -0.4 is 0 Å². The summed E-state index contributed by atoms with van der Waals surface area (Å²) in [5, 5.41) is 0. The van der Waals surface area contributed by atoms with Crippen LogP contribution in [0, 0.1) is 18.0 Å². The Morgan fingerprint density at radius 1 is 1.22 bits per heavy atom. The van der Waals surface area contributed by atoms with E-state index in [0.29, 0.717) is 5.56 Å². The van der Waals surface area contributed by atoms with Gasteiger partial charge in [-0.05, 0) is 6.07 Å². The molecule has 0 aromatic heterocycles. The first kappa shape index (κ1) is 14.3. The van der Waals surface area contributed by atoms with Crippen LogP contribution in [0.1, 0.15) is 11.1 Å². The molecule has 1 rings (SSSR count). The van der Waals surface area contributed by atoms with E-state index in [2.05, 4.69) is 16.3 Å². The minimum absolute atomic E-state index is 0.0458. The summed E-state index contributed by atoms with van der Waals surface area (Å²) in [6, 6.07) is 3.08. The molecule has 0 atom stereocenters. The topological polar surface area (TPSA) is 4.36 Å². The summed E-state index contributed by atoms with van der Waals surface area (Å²) in [6.07, 6.45) is -4.43. The highest BCUT2D eigenvalue weighted by atomic mass is 28.3. The van der Waals surface area contributed by atoms with Crippen molar-refractivity contribution in [3.63, 3.8) is 0 Å². The molecule has 0 aliphatic rings. The number of benzene rings is 1. The second-order valence-corrected chi connectivity index (χ2v) is 9.59. The molecule has 0 amide bonds. The fraction of sp³-hybridized carbons (Fsp3) is 0.308. The van der Waals surface area contributed by atoms with E-state index in [1.165, 1.54) is 6.07 Å². The van der Waals surface area contributed by atoms with Crippen molar-refractivity contribution in [3.8, 4) is 11.5 Å². The average Bonchev–Trinajstić information content (AvgIpc) is 2.23. The van der Waals surface area contributed by atoms with Gasteiger partial charge < -0.3 is 0 Å². The van der Waals surface area contributed by atoms with Gasteiger partial charge in [0.2, 0.25) is 5.69 Å². The van der Waals surface area contributed by atoms with Crippen molar-refractivity contribution in [1.29, 1.82) is 0 Å². The first-order valence-electron chi connectivity index (χ1n) is 5.25. The summed E-state index contributed by atoms with van der Waals surface area (Å²) in [4.78, 5) is 3.11. The van der Waals surface area contributed by atoms with Crippen molar-refractivity contribution in [2.45, 2.75) is 25.8 Å². The molecule has 1 aromatic carbocycles. The zero-order valence-electron chi connectivity index (χ0n) is 10.3. The molecule has 1 nitrogen and oxygen atoms in total. The number of hydrogen-bond acceptors (Lipinski definition) is 0. The molecule has 0 bridgehead atoms. The molecule has 0 heterocycles. The molecule has 0 spiro atoms. The predicted molar refractivity (Wildman–Crippen MR) is 67.9 cm³/mol. The monoisotopic (exact) mass is 267 g/mol. The van der Waals surface area contributed by atoms with Crippen molar-refractivity contribution in [2.75, 3.05) is 0 Å². The van der Waals surface area contributed by atoms with Gasteiger partial charge in [0.05, 0.1) is 6.57 Å². The van der Waals surface area contributed by atoms with Crippen molar-refractivity contribution in [3.05, 3.63) is 40.7 Å². The maximum Gasteiger partial charge on any atom is 0.415 e. The standard InChI is InChI=1S/C13H12F3NSi/c1-17-12-9-11(13(14,15)16)6-5-10(12)7-8-18(2,3)4/h5-6,9H,2-4H3. The molecule has 0 aliphatic heterocycles. The molecule has 5 heteroatoms. The van der Waals surface area contributed by atoms with Crippen LogP contribution in [0.25, 0.3) is 4.85 Å². The highest BCUT2D eigenvalue weighted by molar-refractivity contribution is 6.83. The fourth-order valence-electron chi connectivity index (χ4n) is 1.16. The molecule has 0 unspecified atom stereocenters. The SMILES string of the molecule is [C-]#[N+]c1cc(C(F)(F)F)ccc1C#C[Si](C)(C)C. The minimum Gasteiger partial charge on any atom is -0.237 e. The highest BCUT2D eigenvalue weighted by Gasteiger charge is 2.30. The van der Waals surface area contributed by atoms with Crippen LogP contribution in [0.4, 0.5) is 18.9 Å². The summed E-state index contributed by atoms with van der Waals surface area (Å²) in [5.74, 6) is 2.81. The Bertz CT molecular complexity index is 551. The van der Waals surface area contributed by atoms with Gasteiger partial charge >= 0.3 is 6.18 Å². The van der Waals surface area contributed by atoms with Gasteiger partial charge in [-0.25, -0.2) is 4.85 Å². The highest BCUT2D eigenvalue weighted by Crippen LogP contribution is 2.33. The van der Waals surface area contributed by atoms with Crippen molar-refractivity contribution < 1.29 is 13.2 Å². The molecule has 0 fully saturated rings. The maximum atomic E-state index is 12.5. The Balaban J connectivity index is 3.25. The van der Waals surface area contributed by atoms with E-state index in [4.69, 9.17) is 6.57 Å². The zero-order valence-corrected chi connectivity index (χ0v) is 11.3. The van der Waals surface area contributed by atoms with Crippen molar-refractivity contribution in [1.82, 2.24) is 0 Å². The summed E-state index contributed by atoms with van der Waals surface area (Å²) < 4.78 is 37.4. The van der Waals surface area contributed by atoms with E-state index < -0.39 is 19.8 Å². The van der Waals surface area contributed by atoms with Crippen LogP contribution in [-0.2, 0) is 6.18 Å². The number of rotatable bonds is 0. The Morgan fingerprint density at radius 2 is 1.83 bits per heavy atom. The Labute approximate surface area is 105 Å². The summed E-state index contributed by atoms with van der Waals surface area (Å²) in [7, 11) is -1.61. The van der Waals surface area contributed by atoms with Crippen LogP contribution in [-0.4, -0.2) is 8.07 Å². The van der Waals surface area contributed by atoms with Gasteiger partial charge in [0.1, 0.15) is 8.07 Å². The third-order valence-corrected chi connectivity index (χ3v) is 2.89. The predicted octanol–water partition coefficient (Wildman–Crippen LogP) is 4.49. The van der Waals surface area contributed by atoms with Gasteiger partial charge in [-0.15, -0.1) is 5.54 Å². The normalized spacial score (nSPS) is 11.4. The molecule has 94 valence electrons.